The van der Waals surface area contributed by atoms with E-state index in [4.69, 9.17) is 17.3 Å². The van der Waals surface area contributed by atoms with Crippen LogP contribution >= 0.6 is 11.6 Å². The van der Waals surface area contributed by atoms with E-state index in [2.05, 4.69) is 5.10 Å². The maximum atomic E-state index is 13.4. The van der Waals surface area contributed by atoms with Gasteiger partial charge in [0.1, 0.15) is 11.6 Å². The standard InChI is InChI=1S/C13H15ClFN3/c1-13(2,3)18-12(16)7-11(17-18)8-4-5-9(14)10(15)6-8/h4-7H,16H2,1-3H3. The minimum Gasteiger partial charge on any atom is -0.384 e. The van der Waals surface area contributed by atoms with Crippen molar-refractivity contribution in [2.45, 2.75) is 26.3 Å². The van der Waals surface area contributed by atoms with Gasteiger partial charge in [0.2, 0.25) is 0 Å². The molecule has 0 spiro atoms. The fraction of sp³-hybridized carbons (Fsp3) is 0.308. The number of hydrogen-bond donors (Lipinski definition) is 1. The molecule has 1 heterocycles. The number of halogens is 2. The van der Waals surface area contributed by atoms with Gasteiger partial charge in [-0.15, -0.1) is 0 Å². The van der Waals surface area contributed by atoms with Gasteiger partial charge in [0, 0.05) is 11.6 Å². The number of anilines is 1. The molecule has 0 fully saturated rings. The lowest BCUT2D eigenvalue weighted by atomic mass is 10.1. The minimum atomic E-state index is -0.460. The monoisotopic (exact) mass is 267 g/mol. The van der Waals surface area contributed by atoms with Gasteiger partial charge in [0.25, 0.3) is 0 Å². The zero-order valence-corrected chi connectivity index (χ0v) is 11.3. The highest BCUT2D eigenvalue weighted by Crippen LogP contribution is 2.27. The van der Waals surface area contributed by atoms with Crippen molar-refractivity contribution in [2.75, 3.05) is 5.73 Å². The van der Waals surface area contributed by atoms with Crippen molar-refractivity contribution in [1.82, 2.24) is 9.78 Å². The summed E-state index contributed by atoms with van der Waals surface area (Å²) < 4.78 is 15.1. The van der Waals surface area contributed by atoms with Crippen LogP contribution in [0.5, 0.6) is 0 Å². The van der Waals surface area contributed by atoms with Crippen LogP contribution < -0.4 is 5.73 Å². The Morgan fingerprint density at radius 1 is 1.28 bits per heavy atom. The Labute approximate surface area is 110 Å². The van der Waals surface area contributed by atoms with Crippen LogP contribution in [-0.2, 0) is 5.54 Å². The smallest absolute Gasteiger partial charge is 0.142 e. The van der Waals surface area contributed by atoms with Crippen molar-refractivity contribution in [3.05, 3.63) is 35.1 Å². The van der Waals surface area contributed by atoms with Crippen LogP contribution in [0.4, 0.5) is 10.2 Å². The number of aromatic nitrogens is 2. The first kappa shape index (κ1) is 12.9. The topological polar surface area (TPSA) is 43.8 Å². The van der Waals surface area contributed by atoms with E-state index in [9.17, 15) is 4.39 Å². The molecule has 0 aliphatic heterocycles. The van der Waals surface area contributed by atoms with Crippen LogP contribution in [0.1, 0.15) is 20.8 Å². The zero-order valence-electron chi connectivity index (χ0n) is 10.5. The first-order valence-electron chi connectivity index (χ1n) is 5.60. The van der Waals surface area contributed by atoms with E-state index < -0.39 is 5.82 Å². The lowest BCUT2D eigenvalue weighted by Gasteiger charge is -2.20. The Morgan fingerprint density at radius 2 is 1.94 bits per heavy atom. The molecular weight excluding hydrogens is 253 g/mol. The highest BCUT2D eigenvalue weighted by Gasteiger charge is 2.18. The fourth-order valence-electron chi connectivity index (χ4n) is 1.73. The number of nitrogen functional groups attached to an aromatic ring is 1. The van der Waals surface area contributed by atoms with E-state index in [1.165, 1.54) is 12.1 Å². The van der Waals surface area contributed by atoms with Crippen LogP contribution in [0.3, 0.4) is 0 Å². The highest BCUT2D eigenvalue weighted by atomic mass is 35.5. The van der Waals surface area contributed by atoms with Crippen LogP contribution in [0, 0.1) is 5.82 Å². The van der Waals surface area contributed by atoms with Gasteiger partial charge in [-0.05, 0) is 32.9 Å². The Balaban J connectivity index is 2.49. The first-order chi connectivity index (χ1) is 8.29. The molecule has 0 atom stereocenters. The molecule has 0 radical (unpaired) electrons. The van der Waals surface area contributed by atoms with Gasteiger partial charge in [-0.3, -0.25) is 0 Å². The summed E-state index contributed by atoms with van der Waals surface area (Å²) in [6.45, 7) is 6.01. The quantitative estimate of drug-likeness (QED) is 0.857. The van der Waals surface area contributed by atoms with Gasteiger partial charge >= 0.3 is 0 Å². The van der Waals surface area contributed by atoms with E-state index >= 15 is 0 Å². The van der Waals surface area contributed by atoms with Crippen LogP contribution in [0.25, 0.3) is 11.3 Å². The summed E-state index contributed by atoms with van der Waals surface area (Å²) in [5.41, 5.74) is 6.99. The van der Waals surface area contributed by atoms with Crippen molar-refractivity contribution < 1.29 is 4.39 Å². The van der Waals surface area contributed by atoms with Crippen molar-refractivity contribution in [3.63, 3.8) is 0 Å². The summed E-state index contributed by atoms with van der Waals surface area (Å²) in [6, 6.07) is 6.32. The second-order valence-corrected chi connectivity index (χ2v) is 5.57. The summed E-state index contributed by atoms with van der Waals surface area (Å²) >= 11 is 5.65. The summed E-state index contributed by atoms with van der Waals surface area (Å²) in [5, 5.41) is 4.50. The summed E-state index contributed by atoms with van der Waals surface area (Å²) in [4.78, 5) is 0. The third kappa shape index (κ3) is 2.34. The van der Waals surface area contributed by atoms with Crippen LogP contribution in [0.2, 0.25) is 5.02 Å². The lowest BCUT2D eigenvalue weighted by Crippen LogP contribution is -2.24. The number of benzene rings is 1. The van der Waals surface area contributed by atoms with Gasteiger partial charge in [0.15, 0.2) is 0 Å². The van der Waals surface area contributed by atoms with Crippen LogP contribution in [-0.4, -0.2) is 9.78 Å². The number of nitrogens with zero attached hydrogens (tertiary/aromatic N) is 2. The molecule has 1 aromatic carbocycles. The average Bonchev–Trinajstić information content (AvgIpc) is 2.64. The summed E-state index contributed by atoms with van der Waals surface area (Å²) in [6.07, 6.45) is 0. The molecule has 0 saturated heterocycles. The van der Waals surface area contributed by atoms with Crippen molar-refractivity contribution in [3.8, 4) is 11.3 Å². The van der Waals surface area contributed by atoms with Gasteiger partial charge in [-0.2, -0.15) is 5.10 Å². The number of rotatable bonds is 1. The summed E-state index contributed by atoms with van der Waals surface area (Å²) in [7, 11) is 0. The molecule has 96 valence electrons. The van der Waals surface area contributed by atoms with Crippen molar-refractivity contribution in [2.24, 2.45) is 0 Å². The fourth-order valence-corrected chi connectivity index (χ4v) is 1.85. The Bertz CT molecular complexity index is 584. The predicted molar refractivity (Wildman–Crippen MR) is 72.0 cm³/mol. The first-order valence-corrected chi connectivity index (χ1v) is 5.98. The highest BCUT2D eigenvalue weighted by molar-refractivity contribution is 6.30. The molecule has 0 saturated carbocycles. The molecule has 5 heteroatoms. The second-order valence-electron chi connectivity index (χ2n) is 5.17. The third-order valence-corrected chi connectivity index (χ3v) is 2.89. The molecule has 2 aromatic rings. The van der Waals surface area contributed by atoms with Crippen molar-refractivity contribution in [1.29, 1.82) is 0 Å². The van der Waals surface area contributed by atoms with Crippen LogP contribution in [0.15, 0.2) is 24.3 Å². The molecule has 3 nitrogen and oxygen atoms in total. The van der Waals surface area contributed by atoms with E-state index in [0.717, 1.165) is 0 Å². The number of hydrogen-bond acceptors (Lipinski definition) is 2. The largest absolute Gasteiger partial charge is 0.384 e. The van der Waals surface area contributed by atoms with E-state index in [0.29, 0.717) is 17.1 Å². The summed E-state index contributed by atoms with van der Waals surface area (Å²) in [5.74, 6) is 0.0888. The second kappa shape index (κ2) is 4.28. The molecule has 18 heavy (non-hydrogen) atoms. The maximum absolute atomic E-state index is 13.4. The van der Waals surface area contributed by atoms with Gasteiger partial charge in [0.05, 0.1) is 16.3 Å². The average molecular weight is 268 g/mol. The molecule has 0 bridgehead atoms. The predicted octanol–water partition coefficient (Wildman–Crippen LogP) is 3.68. The zero-order chi connectivity index (χ0) is 13.5. The molecule has 0 unspecified atom stereocenters. The SMILES string of the molecule is CC(C)(C)n1nc(-c2ccc(Cl)c(F)c2)cc1N. The van der Waals surface area contributed by atoms with Gasteiger partial charge in [-0.25, -0.2) is 9.07 Å². The van der Waals surface area contributed by atoms with Gasteiger partial charge < -0.3 is 5.73 Å². The molecule has 0 aliphatic carbocycles. The van der Waals surface area contributed by atoms with Crippen molar-refractivity contribution >= 4 is 17.4 Å². The maximum Gasteiger partial charge on any atom is 0.142 e. The number of nitrogens with two attached hydrogens (primary N) is 1. The molecule has 0 aliphatic rings. The van der Waals surface area contributed by atoms with E-state index in [1.807, 2.05) is 20.8 Å². The Kier molecular flexibility index (Phi) is 3.07. The molecular formula is C13H15ClFN3. The minimum absolute atomic E-state index is 0.0991. The normalized spacial score (nSPS) is 11.8. The third-order valence-electron chi connectivity index (χ3n) is 2.59. The van der Waals surface area contributed by atoms with E-state index in [1.54, 1.807) is 16.8 Å². The Morgan fingerprint density at radius 3 is 2.44 bits per heavy atom. The molecule has 1 aromatic heterocycles. The Hall–Kier alpha value is -1.55. The molecule has 2 rings (SSSR count). The van der Waals surface area contributed by atoms with E-state index in [-0.39, 0.29) is 10.6 Å². The molecule has 2 N–H and O–H groups in total. The molecule has 0 amide bonds. The van der Waals surface area contributed by atoms with Gasteiger partial charge in [-0.1, -0.05) is 17.7 Å². The lowest BCUT2D eigenvalue weighted by molar-refractivity contribution is 0.362.